The third-order valence-corrected chi connectivity index (χ3v) is 5.77. The van der Waals surface area contributed by atoms with E-state index in [4.69, 9.17) is 9.47 Å². The summed E-state index contributed by atoms with van der Waals surface area (Å²) in [6, 6.07) is 23.8. The Labute approximate surface area is 191 Å². The van der Waals surface area contributed by atoms with Crippen LogP contribution in [0.4, 0.5) is 13.2 Å². The second-order valence-corrected chi connectivity index (χ2v) is 8.30. The van der Waals surface area contributed by atoms with Crippen LogP contribution in [0.2, 0.25) is 0 Å². The highest BCUT2D eigenvalue weighted by atomic mass is 19.4. The van der Waals surface area contributed by atoms with E-state index in [-0.39, 0.29) is 17.4 Å². The summed E-state index contributed by atoms with van der Waals surface area (Å²) >= 11 is 0. The van der Waals surface area contributed by atoms with Crippen LogP contribution in [0.1, 0.15) is 42.4 Å². The lowest BCUT2D eigenvalue weighted by Crippen LogP contribution is -2.30. The molecule has 0 aliphatic carbocycles. The van der Waals surface area contributed by atoms with E-state index in [0.717, 1.165) is 11.3 Å². The van der Waals surface area contributed by atoms with E-state index < -0.39 is 11.8 Å². The van der Waals surface area contributed by atoms with Gasteiger partial charge in [-0.25, -0.2) is 0 Å². The molecular formula is C26H25F3N2O2. The highest BCUT2D eigenvalue weighted by Gasteiger charge is 2.65. The summed E-state index contributed by atoms with van der Waals surface area (Å²) in [6.07, 6.45) is -4.52. The van der Waals surface area contributed by atoms with Crippen molar-refractivity contribution in [2.45, 2.75) is 37.5 Å². The first-order valence-electron chi connectivity index (χ1n) is 10.8. The molecule has 4 nitrogen and oxygen atoms in total. The first-order chi connectivity index (χ1) is 15.8. The third kappa shape index (κ3) is 5.18. The molecule has 0 spiro atoms. The smallest absolute Gasteiger partial charge is 0.442 e. The molecule has 0 saturated heterocycles. The van der Waals surface area contributed by atoms with Crippen molar-refractivity contribution in [1.29, 1.82) is 0 Å². The fourth-order valence-electron chi connectivity index (χ4n) is 3.54. The molecule has 0 fully saturated rings. The summed E-state index contributed by atoms with van der Waals surface area (Å²) in [5.41, 5.74) is -0.238. The SMILES string of the molecule is CC(COc1ccc(OCC(C)c2ccc(C3(C(F)(F)F)N=N3)cc2)cc1)c1ccccc1. The maximum atomic E-state index is 13.1. The Morgan fingerprint density at radius 1 is 0.697 bits per heavy atom. The molecule has 0 saturated carbocycles. The van der Waals surface area contributed by atoms with Crippen molar-refractivity contribution in [3.8, 4) is 11.5 Å². The Morgan fingerprint density at radius 3 is 1.58 bits per heavy atom. The van der Waals surface area contributed by atoms with Crippen LogP contribution in [0.5, 0.6) is 11.5 Å². The average molecular weight is 454 g/mol. The third-order valence-electron chi connectivity index (χ3n) is 5.77. The van der Waals surface area contributed by atoms with Gasteiger partial charge >= 0.3 is 11.8 Å². The minimum atomic E-state index is -4.52. The Balaban J connectivity index is 1.27. The van der Waals surface area contributed by atoms with Crippen LogP contribution in [0.15, 0.2) is 89.1 Å². The summed E-state index contributed by atoms with van der Waals surface area (Å²) in [4.78, 5) is 0. The highest BCUT2D eigenvalue weighted by molar-refractivity contribution is 5.34. The van der Waals surface area contributed by atoms with Crippen molar-refractivity contribution >= 4 is 0 Å². The van der Waals surface area contributed by atoms with Crippen molar-refractivity contribution in [2.75, 3.05) is 13.2 Å². The van der Waals surface area contributed by atoms with Gasteiger partial charge in [0.15, 0.2) is 0 Å². The number of alkyl halides is 3. The quantitative estimate of drug-likeness (QED) is 0.342. The average Bonchev–Trinajstić information content (AvgIpc) is 3.65. The van der Waals surface area contributed by atoms with Crippen molar-refractivity contribution in [3.05, 3.63) is 95.6 Å². The molecule has 1 aliphatic heterocycles. The number of nitrogens with zero attached hydrogens (tertiary/aromatic N) is 2. The summed E-state index contributed by atoms with van der Waals surface area (Å²) in [5, 5.41) is 6.47. The number of rotatable bonds is 9. The second-order valence-electron chi connectivity index (χ2n) is 8.30. The number of benzene rings is 3. The zero-order chi connectivity index (χ0) is 23.5. The molecule has 2 unspecified atom stereocenters. The summed E-state index contributed by atoms with van der Waals surface area (Å²) < 4.78 is 51.1. The molecule has 1 heterocycles. The Hall–Kier alpha value is -3.35. The number of hydrogen-bond donors (Lipinski definition) is 0. The van der Waals surface area contributed by atoms with E-state index in [0.29, 0.717) is 19.0 Å². The number of halogens is 3. The van der Waals surface area contributed by atoms with Gasteiger partial charge < -0.3 is 9.47 Å². The van der Waals surface area contributed by atoms with Gasteiger partial charge in [0, 0.05) is 17.4 Å². The van der Waals surface area contributed by atoms with Crippen LogP contribution < -0.4 is 9.47 Å². The van der Waals surface area contributed by atoms with E-state index in [1.807, 2.05) is 49.4 Å². The molecular weight excluding hydrogens is 429 g/mol. The van der Waals surface area contributed by atoms with Crippen LogP contribution in [0.25, 0.3) is 0 Å². The molecule has 3 aromatic carbocycles. The van der Waals surface area contributed by atoms with Gasteiger partial charge in [0.1, 0.15) is 11.5 Å². The highest BCUT2D eigenvalue weighted by Crippen LogP contribution is 2.52. The van der Waals surface area contributed by atoms with E-state index >= 15 is 0 Å². The fourth-order valence-corrected chi connectivity index (χ4v) is 3.54. The van der Waals surface area contributed by atoms with E-state index in [2.05, 4.69) is 29.3 Å². The summed E-state index contributed by atoms with van der Waals surface area (Å²) in [5.74, 6) is 1.75. The van der Waals surface area contributed by atoms with Crippen LogP contribution in [-0.2, 0) is 5.66 Å². The first kappa shape index (κ1) is 22.8. The van der Waals surface area contributed by atoms with Gasteiger partial charge in [-0.05, 0) is 35.4 Å². The summed E-state index contributed by atoms with van der Waals surface area (Å²) in [6.45, 7) is 5.05. The van der Waals surface area contributed by atoms with Gasteiger partial charge in [0.25, 0.3) is 0 Å². The molecule has 172 valence electrons. The second kappa shape index (κ2) is 9.25. The van der Waals surface area contributed by atoms with E-state index in [9.17, 15) is 13.2 Å². The standard InChI is InChI=1S/C26H25F3N2O2/c1-18(20-6-4-3-5-7-20)16-32-23-12-14-24(15-13-23)33-17-19(2)21-8-10-22(11-9-21)25(30-31-25)26(27,28)29/h3-15,18-19H,16-17H2,1-2H3. The number of ether oxygens (including phenoxy) is 2. The monoisotopic (exact) mass is 454 g/mol. The van der Waals surface area contributed by atoms with Gasteiger partial charge in [-0.1, -0.05) is 68.4 Å². The molecule has 0 bridgehead atoms. The molecule has 0 amide bonds. The fraction of sp³-hybridized carbons (Fsp3) is 0.308. The molecule has 33 heavy (non-hydrogen) atoms. The normalized spacial score (nSPS) is 16.2. The zero-order valence-electron chi connectivity index (χ0n) is 18.4. The van der Waals surface area contributed by atoms with E-state index in [1.165, 1.54) is 17.7 Å². The van der Waals surface area contributed by atoms with Crippen molar-refractivity contribution in [3.63, 3.8) is 0 Å². The maximum Gasteiger partial charge on any atom is 0.442 e. The van der Waals surface area contributed by atoms with Crippen LogP contribution >= 0.6 is 0 Å². The Morgan fingerprint density at radius 2 is 1.15 bits per heavy atom. The van der Waals surface area contributed by atoms with Crippen molar-refractivity contribution < 1.29 is 22.6 Å². The molecule has 2 atom stereocenters. The topological polar surface area (TPSA) is 43.2 Å². The predicted molar refractivity (Wildman–Crippen MR) is 120 cm³/mol. The zero-order valence-corrected chi connectivity index (χ0v) is 18.4. The largest absolute Gasteiger partial charge is 0.493 e. The van der Waals surface area contributed by atoms with Gasteiger partial charge in [0.05, 0.1) is 13.2 Å². The Bertz CT molecular complexity index is 1080. The predicted octanol–water partition coefficient (Wildman–Crippen LogP) is 7.23. The van der Waals surface area contributed by atoms with Gasteiger partial charge in [0.2, 0.25) is 0 Å². The minimum Gasteiger partial charge on any atom is -0.493 e. The van der Waals surface area contributed by atoms with Gasteiger partial charge in [-0.3, -0.25) is 0 Å². The lowest BCUT2D eigenvalue weighted by molar-refractivity contribution is -0.166. The van der Waals surface area contributed by atoms with Gasteiger partial charge in [-0.15, -0.1) is 10.2 Å². The van der Waals surface area contributed by atoms with E-state index in [1.54, 1.807) is 12.1 Å². The van der Waals surface area contributed by atoms with Crippen LogP contribution in [0, 0.1) is 0 Å². The Kier molecular flexibility index (Phi) is 6.40. The molecule has 4 rings (SSSR count). The molecule has 1 aliphatic rings. The van der Waals surface area contributed by atoms with Crippen molar-refractivity contribution in [1.82, 2.24) is 0 Å². The van der Waals surface area contributed by atoms with Gasteiger partial charge in [-0.2, -0.15) is 13.2 Å². The number of hydrogen-bond acceptors (Lipinski definition) is 4. The van der Waals surface area contributed by atoms with Crippen molar-refractivity contribution in [2.24, 2.45) is 10.2 Å². The minimum absolute atomic E-state index is 0.00313. The maximum absolute atomic E-state index is 13.1. The molecule has 0 aromatic heterocycles. The summed E-state index contributed by atoms with van der Waals surface area (Å²) in [7, 11) is 0. The van der Waals surface area contributed by atoms with Crippen LogP contribution in [-0.4, -0.2) is 19.4 Å². The first-order valence-corrected chi connectivity index (χ1v) is 10.8. The lowest BCUT2D eigenvalue weighted by atomic mass is 9.96. The van der Waals surface area contributed by atoms with Crippen LogP contribution in [0.3, 0.4) is 0 Å². The molecule has 7 heteroatoms. The lowest BCUT2D eigenvalue weighted by Gasteiger charge is -2.17. The molecule has 0 N–H and O–H groups in total. The molecule has 0 radical (unpaired) electrons. The molecule has 3 aromatic rings.